The lowest BCUT2D eigenvalue weighted by Crippen LogP contribution is -2.42. The van der Waals surface area contributed by atoms with Crippen LogP contribution in [-0.2, 0) is 11.3 Å². The van der Waals surface area contributed by atoms with Gasteiger partial charge in [0.1, 0.15) is 5.82 Å². The molecule has 1 aliphatic carbocycles. The largest absolute Gasteiger partial charge is 0.351 e. The van der Waals surface area contributed by atoms with Crippen LogP contribution in [0.5, 0.6) is 0 Å². The van der Waals surface area contributed by atoms with Gasteiger partial charge in [-0.2, -0.15) is 0 Å². The molecule has 3 N–H and O–H groups in total. The van der Waals surface area contributed by atoms with E-state index >= 15 is 0 Å². The van der Waals surface area contributed by atoms with Crippen molar-refractivity contribution in [3.8, 4) is 0 Å². The monoisotopic (exact) mass is 265 g/mol. The fraction of sp³-hybridized carbons (Fsp3) is 0.385. The lowest BCUT2D eigenvalue weighted by Gasteiger charge is -2.21. The van der Waals surface area contributed by atoms with Crippen LogP contribution < -0.4 is 11.1 Å². The first-order chi connectivity index (χ1) is 9.06. The van der Waals surface area contributed by atoms with E-state index in [9.17, 15) is 14.0 Å². The van der Waals surface area contributed by atoms with E-state index < -0.39 is 11.9 Å². The molecule has 6 heteroatoms. The number of nitrogens with zero attached hydrogens (tertiary/aromatic N) is 1. The van der Waals surface area contributed by atoms with Gasteiger partial charge in [-0.15, -0.1) is 0 Å². The minimum atomic E-state index is -0.869. The second-order valence-corrected chi connectivity index (χ2v) is 4.64. The summed E-state index contributed by atoms with van der Waals surface area (Å²) in [6.45, 7) is 0.394. The van der Waals surface area contributed by atoms with Crippen molar-refractivity contribution in [1.29, 1.82) is 0 Å². The van der Waals surface area contributed by atoms with Gasteiger partial charge in [-0.25, -0.2) is 9.18 Å². The Hall–Kier alpha value is -1.95. The van der Waals surface area contributed by atoms with Crippen LogP contribution in [0.2, 0.25) is 0 Å². The second-order valence-electron chi connectivity index (χ2n) is 4.64. The molecule has 3 amide bonds. The third-order valence-corrected chi connectivity index (χ3v) is 3.00. The van der Waals surface area contributed by atoms with Gasteiger partial charge in [0.05, 0.1) is 6.54 Å². The summed E-state index contributed by atoms with van der Waals surface area (Å²) >= 11 is 0. The number of urea groups is 1. The Morgan fingerprint density at radius 2 is 2.05 bits per heavy atom. The van der Waals surface area contributed by atoms with E-state index in [0.717, 1.165) is 12.8 Å². The highest BCUT2D eigenvalue weighted by atomic mass is 19.1. The van der Waals surface area contributed by atoms with Crippen molar-refractivity contribution >= 4 is 11.9 Å². The number of imide groups is 1. The van der Waals surface area contributed by atoms with E-state index in [0.29, 0.717) is 12.1 Å². The first-order valence-electron chi connectivity index (χ1n) is 6.13. The van der Waals surface area contributed by atoms with E-state index in [-0.39, 0.29) is 18.4 Å². The average Bonchev–Trinajstić information content (AvgIpc) is 3.14. The van der Waals surface area contributed by atoms with Crippen molar-refractivity contribution in [2.75, 3.05) is 6.54 Å². The Kier molecular flexibility index (Phi) is 4.11. The Morgan fingerprint density at radius 3 is 2.63 bits per heavy atom. The van der Waals surface area contributed by atoms with Crippen LogP contribution in [0.3, 0.4) is 0 Å². The number of primary amides is 1. The Morgan fingerprint density at radius 1 is 1.37 bits per heavy atom. The van der Waals surface area contributed by atoms with Crippen LogP contribution in [0.4, 0.5) is 9.18 Å². The lowest BCUT2D eigenvalue weighted by atomic mass is 10.2. The van der Waals surface area contributed by atoms with E-state index in [1.807, 2.05) is 10.2 Å². The van der Waals surface area contributed by atoms with Gasteiger partial charge in [-0.05, 0) is 18.9 Å². The summed E-state index contributed by atoms with van der Waals surface area (Å²) in [5.74, 6) is -0.751. The highest BCUT2D eigenvalue weighted by molar-refractivity contribution is 5.94. The molecule has 2 rings (SSSR count). The molecule has 1 aliphatic rings. The molecule has 0 heterocycles. The first-order valence-corrected chi connectivity index (χ1v) is 6.13. The molecule has 102 valence electrons. The van der Waals surface area contributed by atoms with E-state index in [4.69, 9.17) is 5.73 Å². The van der Waals surface area contributed by atoms with Crippen LogP contribution in [-0.4, -0.2) is 29.4 Å². The zero-order valence-electron chi connectivity index (χ0n) is 10.4. The molecule has 0 radical (unpaired) electrons. The molecule has 1 aromatic rings. The summed E-state index contributed by atoms with van der Waals surface area (Å²) in [5.41, 5.74) is 5.43. The van der Waals surface area contributed by atoms with Crippen LogP contribution in [0.15, 0.2) is 24.3 Å². The van der Waals surface area contributed by atoms with Gasteiger partial charge in [0.2, 0.25) is 5.91 Å². The van der Waals surface area contributed by atoms with Crippen molar-refractivity contribution in [3.05, 3.63) is 35.6 Å². The summed E-state index contributed by atoms with van der Waals surface area (Å²) in [6, 6.07) is 5.87. The molecule has 0 saturated heterocycles. The lowest BCUT2D eigenvalue weighted by molar-refractivity contribution is -0.121. The smallest absolute Gasteiger partial charge is 0.318 e. The Balaban J connectivity index is 1.99. The molecule has 0 spiro atoms. The fourth-order valence-corrected chi connectivity index (χ4v) is 1.96. The number of benzene rings is 1. The third kappa shape index (κ3) is 4.03. The minimum absolute atomic E-state index is 0.0436. The maximum atomic E-state index is 13.6. The maximum Gasteiger partial charge on any atom is 0.318 e. The normalized spacial score (nSPS) is 14.4. The van der Waals surface area contributed by atoms with Gasteiger partial charge < -0.3 is 5.73 Å². The van der Waals surface area contributed by atoms with Gasteiger partial charge in [-0.1, -0.05) is 18.2 Å². The Labute approximate surface area is 110 Å². The van der Waals surface area contributed by atoms with Crippen LogP contribution >= 0.6 is 0 Å². The summed E-state index contributed by atoms with van der Waals surface area (Å²) in [7, 11) is 0. The standard InChI is InChI=1S/C13H16FN3O2/c14-11-4-2-1-3-9(11)7-17(10-5-6-10)8-12(18)16-13(15)19/h1-4,10H,5-8H2,(H3,15,16,18,19). The van der Waals surface area contributed by atoms with E-state index in [2.05, 4.69) is 0 Å². The molecule has 5 nitrogen and oxygen atoms in total. The van der Waals surface area contributed by atoms with Gasteiger partial charge >= 0.3 is 6.03 Å². The molecular weight excluding hydrogens is 249 g/mol. The topological polar surface area (TPSA) is 75.4 Å². The molecule has 1 saturated carbocycles. The summed E-state index contributed by atoms with van der Waals surface area (Å²) in [5, 5.41) is 2.02. The van der Waals surface area contributed by atoms with Gasteiger partial charge in [0.15, 0.2) is 0 Å². The molecular formula is C13H16FN3O2. The van der Waals surface area contributed by atoms with Crippen LogP contribution in [0.1, 0.15) is 18.4 Å². The predicted molar refractivity (Wildman–Crippen MR) is 67.6 cm³/mol. The fourth-order valence-electron chi connectivity index (χ4n) is 1.96. The number of carbonyl (C=O) groups is 2. The van der Waals surface area contributed by atoms with Crippen molar-refractivity contribution < 1.29 is 14.0 Å². The zero-order chi connectivity index (χ0) is 13.8. The number of carbonyl (C=O) groups excluding carboxylic acids is 2. The molecule has 19 heavy (non-hydrogen) atoms. The maximum absolute atomic E-state index is 13.6. The van der Waals surface area contributed by atoms with Crippen molar-refractivity contribution in [2.45, 2.75) is 25.4 Å². The Bertz CT molecular complexity index is 489. The molecule has 0 bridgehead atoms. The summed E-state index contributed by atoms with van der Waals surface area (Å²) in [4.78, 5) is 24.0. The molecule has 0 unspecified atom stereocenters. The molecule has 0 aromatic heterocycles. The number of nitrogens with one attached hydrogen (secondary N) is 1. The first kappa shape index (κ1) is 13.5. The number of hydrogen-bond acceptors (Lipinski definition) is 3. The van der Waals surface area contributed by atoms with E-state index in [1.165, 1.54) is 6.07 Å². The van der Waals surface area contributed by atoms with Gasteiger partial charge in [0.25, 0.3) is 0 Å². The minimum Gasteiger partial charge on any atom is -0.351 e. The van der Waals surface area contributed by atoms with E-state index in [1.54, 1.807) is 18.2 Å². The number of halogens is 1. The second kappa shape index (κ2) is 5.79. The summed E-state index contributed by atoms with van der Waals surface area (Å²) in [6.07, 6.45) is 1.97. The SMILES string of the molecule is NC(=O)NC(=O)CN(Cc1ccccc1F)C1CC1. The average molecular weight is 265 g/mol. The van der Waals surface area contributed by atoms with Crippen LogP contribution in [0, 0.1) is 5.82 Å². The number of amides is 3. The van der Waals surface area contributed by atoms with Crippen LogP contribution in [0.25, 0.3) is 0 Å². The van der Waals surface area contributed by atoms with Gasteiger partial charge in [-0.3, -0.25) is 15.0 Å². The number of hydrogen-bond donors (Lipinski definition) is 2. The number of nitrogens with two attached hydrogens (primary N) is 1. The highest BCUT2D eigenvalue weighted by Crippen LogP contribution is 2.28. The van der Waals surface area contributed by atoms with Crippen molar-refractivity contribution in [2.24, 2.45) is 5.73 Å². The van der Waals surface area contributed by atoms with Crippen molar-refractivity contribution in [3.63, 3.8) is 0 Å². The molecule has 1 aromatic carbocycles. The quantitative estimate of drug-likeness (QED) is 0.833. The number of rotatable bonds is 5. The van der Waals surface area contributed by atoms with Crippen molar-refractivity contribution in [1.82, 2.24) is 10.2 Å². The zero-order valence-corrected chi connectivity index (χ0v) is 10.4. The predicted octanol–water partition coefficient (Wildman–Crippen LogP) is 0.985. The molecule has 1 fully saturated rings. The summed E-state index contributed by atoms with van der Waals surface area (Å²) < 4.78 is 13.6. The molecule has 0 atom stereocenters. The molecule has 0 aliphatic heterocycles. The van der Waals surface area contributed by atoms with Gasteiger partial charge in [0, 0.05) is 18.2 Å². The highest BCUT2D eigenvalue weighted by Gasteiger charge is 2.30. The third-order valence-electron chi connectivity index (χ3n) is 3.00.